The van der Waals surface area contributed by atoms with Gasteiger partial charge in [-0.15, -0.1) is 11.8 Å². The number of pyridine rings is 1. The molecule has 0 aliphatic carbocycles. The summed E-state index contributed by atoms with van der Waals surface area (Å²) in [6.45, 7) is 4.95. The zero-order chi connectivity index (χ0) is 15.5. The first-order valence-corrected chi connectivity index (χ1v) is 7.90. The Kier molecular flexibility index (Phi) is 4.15. The molecule has 2 heterocycles. The van der Waals surface area contributed by atoms with Crippen molar-refractivity contribution >= 4 is 23.2 Å². The van der Waals surface area contributed by atoms with Crippen LogP contribution in [0.4, 0.5) is 4.39 Å². The fourth-order valence-corrected chi connectivity index (χ4v) is 3.27. The Balaban J connectivity index is 2.13. The second kappa shape index (κ2) is 6.23. The molecule has 1 fully saturated rings. The number of halogens is 1. The van der Waals surface area contributed by atoms with Crippen LogP contribution in [0.3, 0.4) is 0 Å². The topological polar surface area (TPSA) is 42.1 Å². The molecule has 112 valence electrons. The third-order valence-electron chi connectivity index (χ3n) is 3.52. The molecule has 0 spiro atoms. The maximum atomic E-state index is 13.1. The second-order valence-corrected chi connectivity index (χ2v) is 6.07. The van der Waals surface area contributed by atoms with E-state index in [2.05, 4.69) is 16.5 Å². The number of nitrogens with zero attached hydrogens (tertiary/aromatic N) is 2. The van der Waals surface area contributed by atoms with Crippen molar-refractivity contribution in [3.8, 4) is 0 Å². The molecule has 0 atom stereocenters. The summed E-state index contributed by atoms with van der Waals surface area (Å²) in [7, 11) is 0. The molecule has 2 N–H and O–H groups in total. The number of thioether (sulfide) groups is 1. The zero-order valence-electron chi connectivity index (χ0n) is 12.0. The van der Waals surface area contributed by atoms with Crippen molar-refractivity contribution in [3.05, 3.63) is 77.3 Å². The van der Waals surface area contributed by atoms with E-state index in [9.17, 15) is 4.39 Å². The minimum absolute atomic E-state index is 0.275. The molecule has 3 nitrogen and oxygen atoms in total. The van der Waals surface area contributed by atoms with E-state index in [-0.39, 0.29) is 5.82 Å². The highest BCUT2D eigenvalue weighted by atomic mass is 32.2. The van der Waals surface area contributed by atoms with E-state index in [1.165, 1.54) is 12.1 Å². The first kappa shape index (κ1) is 14.7. The summed E-state index contributed by atoms with van der Waals surface area (Å²) in [6, 6.07) is 10.1. The van der Waals surface area contributed by atoms with Crippen LogP contribution in [-0.4, -0.2) is 22.2 Å². The molecular formula is C17H16FN3S. The van der Waals surface area contributed by atoms with Gasteiger partial charge in [0, 0.05) is 30.3 Å². The molecule has 1 aromatic carbocycles. The maximum absolute atomic E-state index is 13.1. The van der Waals surface area contributed by atoms with E-state index in [1.54, 1.807) is 36.3 Å². The van der Waals surface area contributed by atoms with Gasteiger partial charge in [-0.2, -0.15) is 0 Å². The third kappa shape index (κ3) is 2.85. The van der Waals surface area contributed by atoms with E-state index in [0.29, 0.717) is 5.70 Å². The molecular weight excluding hydrogens is 297 g/mol. The van der Waals surface area contributed by atoms with Crippen LogP contribution in [-0.2, 0) is 0 Å². The minimum atomic E-state index is -0.275. The van der Waals surface area contributed by atoms with Crippen molar-refractivity contribution in [2.75, 3.05) is 12.3 Å². The normalized spacial score (nSPS) is 15.9. The molecule has 1 aliphatic rings. The standard InChI is InChI=1S/C17H16FN3S/c1-12-21(10-11-22-12)17(14-6-8-20-9-7-14)16(19)13-2-4-15(18)5-3-13/h2-9H,1,10-11,19H2/b17-16-. The van der Waals surface area contributed by atoms with Gasteiger partial charge in [0.15, 0.2) is 0 Å². The Morgan fingerprint density at radius 2 is 1.82 bits per heavy atom. The lowest BCUT2D eigenvalue weighted by molar-refractivity contribution is 0.576. The summed E-state index contributed by atoms with van der Waals surface area (Å²) in [5.74, 6) is 0.701. The third-order valence-corrected chi connectivity index (χ3v) is 4.46. The van der Waals surface area contributed by atoms with E-state index in [1.807, 2.05) is 12.1 Å². The lowest BCUT2D eigenvalue weighted by atomic mass is 10.1. The largest absolute Gasteiger partial charge is 0.397 e. The summed E-state index contributed by atoms with van der Waals surface area (Å²) >= 11 is 1.71. The van der Waals surface area contributed by atoms with Gasteiger partial charge in [-0.3, -0.25) is 4.98 Å². The quantitative estimate of drug-likeness (QED) is 0.941. The molecule has 0 amide bonds. The van der Waals surface area contributed by atoms with Crippen molar-refractivity contribution in [2.45, 2.75) is 0 Å². The minimum Gasteiger partial charge on any atom is -0.397 e. The van der Waals surface area contributed by atoms with Gasteiger partial charge in [0.1, 0.15) is 5.82 Å². The molecule has 3 rings (SSSR count). The molecule has 0 radical (unpaired) electrons. The number of hydrogen-bond donors (Lipinski definition) is 1. The average molecular weight is 313 g/mol. The number of aromatic nitrogens is 1. The van der Waals surface area contributed by atoms with Crippen LogP contribution in [0.2, 0.25) is 0 Å². The van der Waals surface area contributed by atoms with Gasteiger partial charge >= 0.3 is 0 Å². The van der Waals surface area contributed by atoms with E-state index in [0.717, 1.165) is 34.2 Å². The predicted molar refractivity (Wildman–Crippen MR) is 89.9 cm³/mol. The van der Waals surface area contributed by atoms with Crippen LogP contribution in [0.15, 0.2) is 60.4 Å². The molecule has 0 unspecified atom stereocenters. The summed E-state index contributed by atoms with van der Waals surface area (Å²) < 4.78 is 13.1. The van der Waals surface area contributed by atoms with Crippen LogP contribution in [0.5, 0.6) is 0 Å². The monoisotopic (exact) mass is 313 g/mol. The molecule has 5 heteroatoms. The van der Waals surface area contributed by atoms with Gasteiger partial charge in [0.25, 0.3) is 0 Å². The maximum Gasteiger partial charge on any atom is 0.123 e. The fraction of sp³-hybridized carbons (Fsp3) is 0.118. The molecule has 0 saturated carbocycles. The number of rotatable bonds is 3. The second-order valence-electron chi connectivity index (χ2n) is 4.90. The lowest BCUT2D eigenvalue weighted by Crippen LogP contribution is -2.20. The van der Waals surface area contributed by atoms with Crippen LogP contribution < -0.4 is 5.73 Å². The van der Waals surface area contributed by atoms with E-state index < -0.39 is 0 Å². The van der Waals surface area contributed by atoms with Crippen molar-refractivity contribution in [1.82, 2.24) is 9.88 Å². The summed E-state index contributed by atoms with van der Waals surface area (Å²) in [6.07, 6.45) is 3.47. The van der Waals surface area contributed by atoms with Gasteiger partial charge in [-0.25, -0.2) is 4.39 Å². The zero-order valence-corrected chi connectivity index (χ0v) is 12.8. The van der Waals surface area contributed by atoms with Gasteiger partial charge in [0.05, 0.1) is 16.4 Å². The number of benzene rings is 1. The highest BCUT2D eigenvalue weighted by molar-refractivity contribution is 8.03. The van der Waals surface area contributed by atoms with Gasteiger partial charge in [0.2, 0.25) is 0 Å². The Bertz CT molecular complexity index is 710. The van der Waals surface area contributed by atoms with E-state index >= 15 is 0 Å². The van der Waals surface area contributed by atoms with E-state index in [4.69, 9.17) is 5.73 Å². The molecule has 0 bridgehead atoms. The molecule has 2 aromatic rings. The van der Waals surface area contributed by atoms with Gasteiger partial charge in [-0.1, -0.05) is 6.58 Å². The Hall–Kier alpha value is -2.27. The first-order chi connectivity index (χ1) is 10.7. The summed E-state index contributed by atoms with van der Waals surface area (Å²) in [5, 5.41) is 0.969. The molecule has 1 aromatic heterocycles. The molecule has 22 heavy (non-hydrogen) atoms. The van der Waals surface area contributed by atoms with Crippen molar-refractivity contribution < 1.29 is 4.39 Å². The SMILES string of the molecule is C=C1SCCN1/C(=C(\N)c1ccc(F)cc1)c1ccncc1. The fourth-order valence-electron chi connectivity index (χ4n) is 2.43. The Morgan fingerprint density at radius 1 is 1.14 bits per heavy atom. The van der Waals surface area contributed by atoms with Crippen molar-refractivity contribution in [1.29, 1.82) is 0 Å². The predicted octanol–water partition coefficient (Wildman–Crippen LogP) is 3.53. The highest BCUT2D eigenvalue weighted by Gasteiger charge is 2.23. The Labute approximate surface area is 133 Å². The van der Waals surface area contributed by atoms with Crippen LogP contribution >= 0.6 is 11.8 Å². The average Bonchev–Trinajstić information content (AvgIpc) is 2.95. The lowest BCUT2D eigenvalue weighted by Gasteiger charge is -2.24. The summed E-state index contributed by atoms with van der Waals surface area (Å²) in [5.41, 5.74) is 9.67. The van der Waals surface area contributed by atoms with Crippen LogP contribution in [0.1, 0.15) is 11.1 Å². The Morgan fingerprint density at radius 3 is 2.41 bits per heavy atom. The van der Waals surface area contributed by atoms with Crippen LogP contribution in [0.25, 0.3) is 11.4 Å². The summed E-state index contributed by atoms with van der Waals surface area (Å²) in [4.78, 5) is 6.17. The van der Waals surface area contributed by atoms with Crippen LogP contribution in [0, 0.1) is 5.82 Å². The number of hydrogen-bond acceptors (Lipinski definition) is 4. The van der Waals surface area contributed by atoms with Gasteiger partial charge in [-0.05, 0) is 42.0 Å². The first-order valence-electron chi connectivity index (χ1n) is 6.92. The molecule has 1 saturated heterocycles. The van der Waals surface area contributed by atoms with Crippen molar-refractivity contribution in [3.63, 3.8) is 0 Å². The van der Waals surface area contributed by atoms with Crippen molar-refractivity contribution in [2.24, 2.45) is 5.73 Å². The highest BCUT2D eigenvalue weighted by Crippen LogP contribution is 2.36. The molecule has 1 aliphatic heterocycles. The number of nitrogens with two attached hydrogens (primary N) is 1. The van der Waals surface area contributed by atoms with Gasteiger partial charge < -0.3 is 10.6 Å². The smallest absolute Gasteiger partial charge is 0.123 e.